The Balaban J connectivity index is 3.02. The van der Waals surface area contributed by atoms with Crippen LogP contribution in [0.3, 0.4) is 0 Å². The number of benzene rings is 1. The molecule has 1 rings (SSSR count). The van der Waals surface area contributed by atoms with Gasteiger partial charge in [-0.1, -0.05) is 41.4 Å². The number of ether oxygens (including phenoxy) is 1. The van der Waals surface area contributed by atoms with Gasteiger partial charge in [0.2, 0.25) is 0 Å². The number of hydrogen-bond donors (Lipinski definition) is 1. The van der Waals surface area contributed by atoms with Crippen LogP contribution in [-0.2, 0) is 0 Å². The van der Waals surface area contributed by atoms with Crippen LogP contribution in [0.1, 0.15) is 32.8 Å². The predicted octanol–water partition coefficient (Wildman–Crippen LogP) is 5.01. The zero-order valence-electron chi connectivity index (χ0n) is 11.7. The van der Waals surface area contributed by atoms with Crippen molar-refractivity contribution in [2.45, 2.75) is 27.2 Å². The first-order valence-electron chi connectivity index (χ1n) is 6.58. The molecule has 0 aromatic heterocycles. The minimum Gasteiger partial charge on any atom is -0.492 e. The first-order chi connectivity index (χ1) is 9.08. The van der Waals surface area contributed by atoms with Gasteiger partial charge in [0.25, 0.3) is 0 Å². The van der Waals surface area contributed by atoms with E-state index in [1.807, 2.05) is 6.07 Å². The summed E-state index contributed by atoms with van der Waals surface area (Å²) in [5.74, 6) is 0.917. The molecule has 0 bridgehead atoms. The minimum absolute atomic E-state index is 0.729. The van der Waals surface area contributed by atoms with E-state index in [0.717, 1.165) is 46.4 Å². The summed E-state index contributed by atoms with van der Waals surface area (Å²) >= 11 is 7.10. The molecule has 0 atom stereocenters. The molecule has 0 unspecified atom stereocenters. The van der Waals surface area contributed by atoms with Crippen LogP contribution in [0.4, 0.5) is 0 Å². The Morgan fingerprint density at radius 2 is 2.05 bits per heavy atom. The van der Waals surface area contributed by atoms with Gasteiger partial charge in [0.05, 0.1) is 11.1 Å². The molecule has 0 aliphatic heterocycles. The molecule has 1 aromatic rings. The lowest BCUT2D eigenvalue weighted by molar-refractivity contribution is 0.315. The van der Waals surface area contributed by atoms with Crippen molar-refractivity contribution < 1.29 is 4.74 Å². The highest BCUT2D eigenvalue weighted by molar-refractivity contribution is 9.11. The van der Waals surface area contributed by atoms with E-state index in [1.54, 1.807) is 0 Å². The number of nitrogens with one attached hydrogen (secondary N) is 1. The predicted molar refractivity (Wildman–Crippen MR) is 89.8 cm³/mol. The third-order valence-corrected chi connectivity index (χ3v) is 3.59. The van der Waals surface area contributed by atoms with E-state index in [-0.39, 0.29) is 0 Å². The van der Waals surface area contributed by atoms with Gasteiger partial charge in [0, 0.05) is 16.6 Å². The molecule has 2 nitrogen and oxygen atoms in total. The normalized spacial score (nSPS) is 11.7. The fraction of sp³-hybridized carbons (Fsp3) is 0.467. The maximum absolute atomic E-state index is 5.84. The van der Waals surface area contributed by atoms with Gasteiger partial charge >= 0.3 is 0 Å². The summed E-state index contributed by atoms with van der Waals surface area (Å²) in [6, 6.07) is 4.10. The highest BCUT2D eigenvalue weighted by Gasteiger charge is 2.08. The standard InChI is InChI=1S/C15H21Br2NO/c1-4-6-19-15-12(7-11(3)10-18-5-2)8-13(16)9-14(15)17/h7-9,18H,4-6,10H2,1-3H3. The first-order valence-corrected chi connectivity index (χ1v) is 8.16. The monoisotopic (exact) mass is 389 g/mol. The molecule has 0 fully saturated rings. The average Bonchev–Trinajstić information content (AvgIpc) is 2.35. The highest BCUT2D eigenvalue weighted by Crippen LogP contribution is 2.34. The summed E-state index contributed by atoms with van der Waals surface area (Å²) in [6.07, 6.45) is 3.17. The van der Waals surface area contributed by atoms with E-state index in [1.165, 1.54) is 5.57 Å². The van der Waals surface area contributed by atoms with Gasteiger partial charge < -0.3 is 10.1 Å². The zero-order chi connectivity index (χ0) is 14.3. The van der Waals surface area contributed by atoms with Crippen molar-refractivity contribution in [2.75, 3.05) is 19.7 Å². The van der Waals surface area contributed by atoms with Gasteiger partial charge in [-0.15, -0.1) is 0 Å². The van der Waals surface area contributed by atoms with Gasteiger partial charge in [-0.05, 0) is 48.0 Å². The van der Waals surface area contributed by atoms with Crippen LogP contribution in [0, 0.1) is 0 Å². The fourth-order valence-corrected chi connectivity index (χ4v) is 3.06. The van der Waals surface area contributed by atoms with E-state index < -0.39 is 0 Å². The Morgan fingerprint density at radius 3 is 2.68 bits per heavy atom. The Bertz CT molecular complexity index is 444. The second kappa shape index (κ2) is 8.77. The maximum Gasteiger partial charge on any atom is 0.140 e. The Kier molecular flexibility index (Phi) is 7.73. The second-order valence-electron chi connectivity index (χ2n) is 4.43. The van der Waals surface area contributed by atoms with Gasteiger partial charge in [-0.2, -0.15) is 0 Å². The molecular weight excluding hydrogens is 370 g/mol. The van der Waals surface area contributed by atoms with Crippen molar-refractivity contribution in [2.24, 2.45) is 0 Å². The second-order valence-corrected chi connectivity index (χ2v) is 6.20. The molecule has 0 saturated heterocycles. The highest BCUT2D eigenvalue weighted by atomic mass is 79.9. The van der Waals surface area contributed by atoms with Crippen molar-refractivity contribution in [1.82, 2.24) is 5.32 Å². The molecule has 1 N–H and O–H groups in total. The van der Waals surface area contributed by atoms with Crippen LogP contribution in [0.5, 0.6) is 5.75 Å². The van der Waals surface area contributed by atoms with E-state index in [4.69, 9.17) is 4.74 Å². The van der Waals surface area contributed by atoms with E-state index in [9.17, 15) is 0 Å². The molecule has 0 heterocycles. The molecule has 0 radical (unpaired) electrons. The molecule has 19 heavy (non-hydrogen) atoms. The van der Waals surface area contributed by atoms with Crippen LogP contribution < -0.4 is 10.1 Å². The molecular formula is C15H21Br2NO. The quantitative estimate of drug-likeness (QED) is 0.706. The van der Waals surface area contributed by atoms with Gasteiger partial charge in [0.15, 0.2) is 0 Å². The number of rotatable bonds is 7. The number of likely N-dealkylation sites (N-methyl/N-ethyl adjacent to an activating group) is 1. The summed E-state index contributed by atoms with van der Waals surface area (Å²) in [5, 5.41) is 3.33. The molecule has 106 valence electrons. The SMILES string of the molecule is CCCOc1c(Br)cc(Br)cc1C=C(C)CNCC. The van der Waals surface area contributed by atoms with Crippen molar-refractivity contribution in [3.8, 4) is 5.75 Å². The maximum atomic E-state index is 5.84. The molecule has 1 aromatic carbocycles. The summed E-state index contributed by atoms with van der Waals surface area (Å²) in [5.41, 5.74) is 2.39. The lowest BCUT2D eigenvalue weighted by atomic mass is 10.1. The molecule has 0 aliphatic carbocycles. The molecule has 0 saturated carbocycles. The van der Waals surface area contributed by atoms with Crippen LogP contribution in [0.15, 0.2) is 26.7 Å². The lowest BCUT2D eigenvalue weighted by Crippen LogP contribution is -2.14. The first kappa shape index (κ1) is 16.7. The topological polar surface area (TPSA) is 21.3 Å². The van der Waals surface area contributed by atoms with Crippen molar-refractivity contribution in [3.63, 3.8) is 0 Å². The van der Waals surface area contributed by atoms with Crippen molar-refractivity contribution >= 4 is 37.9 Å². The molecule has 0 amide bonds. The van der Waals surface area contributed by atoms with Crippen LogP contribution in [0.2, 0.25) is 0 Å². The van der Waals surface area contributed by atoms with Crippen molar-refractivity contribution in [3.05, 3.63) is 32.2 Å². The van der Waals surface area contributed by atoms with Gasteiger partial charge in [-0.3, -0.25) is 0 Å². The van der Waals surface area contributed by atoms with Gasteiger partial charge in [0.1, 0.15) is 5.75 Å². The van der Waals surface area contributed by atoms with E-state index >= 15 is 0 Å². The lowest BCUT2D eigenvalue weighted by Gasteiger charge is -2.12. The molecule has 0 spiro atoms. The van der Waals surface area contributed by atoms with E-state index in [0.29, 0.717) is 0 Å². The van der Waals surface area contributed by atoms with Crippen molar-refractivity contribution in [1.29, 1.82) is 0 Å². The number of halogens is 2. The van der Waals surface area contributed by atoms with Crippen LogP contribution >= 0.6 is 31.9 Å². The largest absolute Gasteiger partial charge is 0.492 e. The van der Waals surface area contributed by atoms with Crippen LogP contribution in [-0.4, -0.2) is 19.7 Å². The Hall–Kier alpha value is -0.320. The minimum atomic E-state index is 0.729. The summed E-state index contributed by atoms with van der Waals surface area (Å²) in [7, 11) is 0. The summed E-state index contributed by atoms with van der Waals surface area (Å²) in [4.78, 5) is 0. The molecule has 4 heteroatoms. The Morgan fingerprint density at radius 1 is 1.32 bits per heavy atom. The Labute approximate surface area is 132 Å². The summed E-state index contributed by atoms with van der Waals surface area (Å²) < 4.78 is 7.88. The third-order valence-electron chi connectivity index (χ3n) is 2.54. The molecule has 0 aliphatic rings. The smallest absolute Gasteiger partial charge is 0.140 e. The van der Waals surface area contributed by atoms with Crippen LogP contribution in [0.25, 0.3) is 6.08 Å². The van der Waals surface area contributed by atoms with E-state index in [2.05, 4.69) is 70.1 Å². The fourth-order valence-electron chi connectivity index (χ4n) is 1.68. The summed E-state index contributed by atoms with van der Waals surface area (Å²) in [6.45, 7) is 8.95. The average molecular weight is 391 g/mol. The zero-order valence-corrected chi connectivity index (χ0v) is 14.9. The third kappa shape index (κ3) is 5.67. The number of hydrogen-bond acceptors (Lipinski definition) is 2. The van der Waals surface area contributed by atoms with Gasteiger partial charge in [-0.25, -0.2) is 0 Å².